The van der Waals surface area contributed by atoms with Crippen molar-refractivity contribution in [2.24, 2.45) is 0 Å². The summed E-state index contributed by atoms with van der Waals surface area (Å²) in [6, 6.07) is 7.31. The maximum absolute atomic E-state index is 12.1. The molecule has 0 aliphatic carbocycles. The molecule has 2 aromatic rings. The van der Waals surface area contributed by atoms with Crippen molar-refractivity contribution < 1.29 is 9.90 Å². The summed E-state index contributed by atoms with van der Waals surface area (Å²) in [6.45, 7) is 4.00. The number of carbonyl (C=O) groups excluding carboxylic acids is 1. The summed E-state index contributed by atoms with van der Waals surface area (Å²) in [5.74, 6) is -0.291. The lowest BCUT2D eigenvalue weighted by atomic mass is 10.1. The van der Waals surface area contributed by atoms with E-state index in [1.807, 2.05) is 32.0 Å². The first-order valence-electron chi connectivity index (χ1n) is 6.15. The van der Waals surface area contributed by atoms with Crippen LogP contribution in [0.3, 0.4) is 0 Å². The minimum absolute atomic E-state index is 0.0202. The van der Waals surface area contributed by atoms with Gasteiger partial charge in [0.1, 0.15) is 5.75 Å². The van der Waals surface area contributed by atoms with Crippen molar-refractivity contribution in [3.05, 3.63) is 53.3 Å². The molecule has 0 fully saturated rings. The number of rotatable bonds is 3. The second kappa shape index (κ2) is 5.52. The Balaban J connectivity index is 2.29. The van der Waals surface area contributed by atoms with E-state index < -0.39 is 0 Å². The summed E-state index contributed by atoms with van der Waals surface area (Å²) in [6.07, 6.45) is 3.57. The average molecular weight is 256 g/mol. The van der Waals surface area contributed by atoms with Crippen LogP contribution in [-0.4, -0.2) is 16.0 Å². The summed E-state index contributed by atoms with van der Waals surface area (Å²) in [5, 5.41) is 12.2. The predicted octanol–water partition coefficient (Wildman–Crippen LogP) is 2.91. The van der Waals surface area contributed by atoms with E-state index in [1.54, 1.807) is 0 Å². The third kappa shape index (κ3) is 2.91. The fourth-order valence-electron chi connectivity index (χ4n) is 1.94. The molecule has 0 aliphatic heterocycles. The van der Waals surface area contributed by atoms with Crippen molar-refractivity contribution in [1.29, 1.82) is 0 Å². The normalized spacial score (nSPS) is 10.2. The molecule has 1 heterocycles. The third-order valence-corrected chi connectivity index (χ3v) is 2.96. The number of hydrogen-bond donors (Lipinski definition) is 2. The molecular formula is C15H16N2O2. The number of nitrogens with zero attached hydrogens (tertiary/aromatic N) is 1. The molecule has 0 unspecified atom stereocenters. The molecule has 2 N–H and O–H groups in total. The number of aryl methyl sites for hydroxylation is 2. The van der Waals surface area contributed by atoms with E-state index in [-0.39, 0.29) is 11.7 Å². The van der Waals surface area contributed by atoms with E-state index in [0.717, 1.165) is 23.2 Å². The van der Waals surface area contributed by atoms with Crippen LogP contribution in [0.25, 0.3) is 0 Å². The monoisotopic (exact) mass is 256 g/mol. The number of aromatic hydroxyl groups is 1. The molecule has 0 atom stereocenters. The molecule has 4 nitrogen and oxygen atoms in total. The van der Waals surface area contributed by atoms with Crippen LogP contribution in [0.4, 0.5) is 5.69 Å². The number of para-hydroxylation sites is 1. The fraction of sp³-hybridized carbons (Fsp3) is 0.200. The number of carbonyl (C=O) groups is 1. The second-order valence-corrected chi connectivity index (χ2v) is 4.35. The Kier molecular flexibility index (Phi) is 3.80. The Morgan fingerprint density at radius 3 is 2.84 bits per heavy atom. The van der Waals surface area contributed by atoms with Gasteiger partial charge in [-0.3, -0.25) is 9.78 Å². The zero-order chi connectivity index (χ0) is 13.8. The molecule has 0 saturated carbocycles. The number of amides is 1. The minimum Gasteiger partial charge on any atom is -0.506 e. The Morgan fingerprint density at radius 1 is 1.37 bits per heavy atom. The van der Waals surface area contributed by atoms with Crippen molar-refractivity contribution in [3.63, 3.8) is 0 Å². The highest BCUT2D eigenvalue weighted by atomic mass is 16.3. The highest BCUT2D eigenvalue weighted by Gasteiger charge is 2.11. The van der Waals surface area contributed by atoms with Crippen LogP contribution in [0.15, 0.2) is 36.7 Å². The van der Waals surface area contributed by atoms with Crippen LogP contribution in [0.2, 0.25) is 0 Å². The summed E-state index contributed by atoms with van der Waals surface area (Å²) in [4.78, 5) is 15.9. The van der Waals surface area contributed by atoms with E-state index in [2.05, 4.69) is 10.3 Å². The topological polar surface area (TPSA) is 62.2 Å². The van der Waals surface area contributed by atoms with Crippen LogP contribution in [-0.2, 0) is 6.42 Å². The Morgan fingerprint density at radius 2 is 2.16 bits per heavy atom. The molecule has 0 spiro atoms. The standard InChI is InChI=1S/C15H16N2O2/c1-3-11-6-4-5-10(2)14(11)17-15(19)12-7-13(18)9-16-8-12/h4-9,18H,3H2,1-2H3,(H,17,19). The Labute approximate surface area is 112 Å². The van der Waals surface area contributed by atoms with E-state index in [9.17, 15) is 9.90 Å². The van der Waals surface area contributed by atoms with Gasteiger partial charge in [0.05, 0.1) is 11.8 Å². The van der Waals surface area contributed by atoms with Gasteiger partial charge >= 0.3 is 0 Å². The third-order valence-electron chi connectivity index (χ3n) is 2.96. The van der Waals surface area contributed by atoms with Gasteiger partial charge in [0.25, 0.3) is 5.91 Å². The molecule has 4 heteroatoms. The number of pyridine rings is 1. The van der Waals surface area contributed by atoms with Gasteiger partial charge < -0.3 is 10.4 Å². The van der Waals surface area contributed by atoms with Gasteiger partial charge in [0, 0.05) is 11.9 Å². The van der Waals surface area contributed by atoms with Gasteiger partial charge in [0.15, 0.2) is 0 Å². The number of aromatic nitrogens is 1. The van der Waals surface area contributed by atoms with E-state index >= 15 is 0 Å². The molecule has 0 radical (unpaired) electrons. The summed E-state index contributed by atoms with van der Waals surface area (Å²) < 4.78 is 0. The van der Waals surface area contributed by atoms with Gasteiger partial charge in [-0.25, -0.2) is 0 Å². The van der Waals surface area contributed by atoms with Gasteiger partial charge in [-0.15, -0.1) is 0 Å². The number of benzene rings is 1. The van der Waals surface area contributed by atoms with Crippen LogP contribution < -0.4 is 5.32 Å². The number of nitrogens with one attached hydrogen (secondary N) is 1. The second-order valence-electron chi connectivity index (χ2n) is 4.35. The quantitative estimate of drug-likeness (QED) is 0.887. The van der Waals surface area contributed by atoms with Crippen molar-refractivity contribution in [2.75, 3.05) is 5.32 Å². The van der Waals surface area contributed by atoms with Crippen LogP contribution in [0, 0.1) is 6.92 Å². The molecule has 0 bridgehead atoms. The first-order valence-corrected chi connectivity index (χ1v) is 6.15. The maximum Gasteiger partial charge on any atom is 0.257 e. The smallest absolute Gasteiger partial charge is 0.257 e. The number of anilines is 1. The molecule has 1 aromatic heterocycles. The lowest BCUT2D eigenvalue weighted by Gasteiger charge is -2.12. The maximum atomic E-state index is 12.1. The lowest BCUT2D eigenvalue weighted by molar-refractivity contribution is 0.102. The zero-order valence-electron chi connectivity index (χ0n) is 11.0. The molecule has 1 aromatic carbocycles. The first kappa shape index (κ1) is 13.1. The van der Waals surface area contributed by atoms with Crippen LogP contribution in [0.1, 0.15) is 28.4 Å². The van der Waals surface area contributed by atoms with Gasteiger partial charge in [-0.05, 0) is 30.5 Å². The van der Waals surface area contributed by atoms with Crippen molar-refractivity contribution in [1.82, 2.24) is 4.98 Å². The van der Waals surface area contributed by atoms with Crippen LogP contribution >= 0.6 is 0 Å². The minimum atomic E-state index is -0.271. The van der Waals surface area contributed by atoms with Gasteiger partial charge in [0.2, 0.25) is 0 Å². The highest BCUT2D eigenvalue weighted by Crippen LogP contribution is 2.22. The lowest BCUT2D eigenvalue weighted by Crippen LogP contribution is -2.14. The Bertz CT molecular complexity index is 609. The first-order chi connectivity index (χ1) is 9.11. The van der Waals surface area contributed by atoms with Crippen LogP contribution in [0.5, 0.6) is 5.75 Å². The fourth-order valence-corrected chi connectivity index (χ4v) is 1.94. The zero-order valence-corrected chi connectivity index (χ0v) is 11.0. The van der Waals surface area contributed by atoms with Crippen molar-refractivity contribution >= 4 is 11.6 Å². The van der Waals surface area contributed by atoms with E-state index in [4.69, 9.17) is 0 Å². The molecule has 2 rings (SSSR count). The van der Waals surface area contributed by atoms with Gasteiger partial charge in [-0.2, -0.15) is 0 Å². The van der Waals surface area contributed by atoms with Crippen molar-refractivity contribution in [2.45, 2.75) is 20.3 Å². The Hall–Kier alpha value is -2.36. The van der Waals surface area contributed by atoms with E-state index in [1.165, 1.54) is 18.5 Å². The molecule has 0 aliphatic rings. The van der Waals surface area contributed by atoms with Gasteiger partial charge in [-0.1, -0.05) is 25.1 Å². The van der Waals surface area contributed by atoms with Crippen molar-refractivity contribution in [3.8, 4) is 5.75 Å². The average Bonchev–Trinajstić information content (AvgIpc) is 2.41. The molecule has 98 valence electrons. The summed E-state index contributed by atoms with van der Waals surface area (Å²) in [5.41, 5.74) is 3.27. The molecule has 1 amide bonds. The molecule has 0 saturated heterocycles. The van der Waals surface area contributed by atoms with E-state index in [0.29, 0.717) is 5.56 Å². The highest BCUT2D eigenvalue weighted by molar-refractivity contribution is 6.05. The SMILES string of the molecule is CCc1cccc(C)c1NC(=O)c1cncc(O)c1. The largest absolute Gasteiger partial charge is 0.506 e. The summed E-state index contributed by atoms with van der Waals surface area (Å²) in [7, 11) is 0. The summed E-state index contributed by atoms with van der Waals surface area (Å²) >= 11 is 0. The molecule has 19 heavy (non-hydrogen) atoms. The number of hydrogen-bond acceptors (Lipinski definition) is 3. The molecular weight excluding hydrogens is 240 g/mol. The predicted molar refractivity (Wildman–Crippen MR) is 74.4 cm³/mol.